The molecule has 2 aliphatic rings. The number of methoxy groups -OCH3 is 2. The quantitative estimate of drug-likeness (QED) is 0.119. The number of nitrogens with zero attached hydrogens (tertiary/aromatic N) is 8. The van der Waals surface area contributed by atoms with Crippen LogP contribution < -0.4 is 30.3 Å². The van der Waals surface area contributed by atoms with Gasteiger partial charge in [0.2, 0.25) is 26.0 Å². The maximum atomic E-state index is 13.1. The number of piperidine rings is 2. The Balaban J connectivity index is 0.000000256. The van der Waals surface area contributed by atoms with Gasteiger partial charge < -0.3 is 45.2 Å². The van der Waals surface area contributed by atoms with Gasteiger partial charge in [0.1, 0.15) is 23.1 Å². The number of nitrogens with two attached hydrogens (primary N) is 1. The van der Waals surface area contributed by atoms with Crippen molar-refractivity contribution in [2.45, 2.75) is 88.1 Å². The summed E-state index contributed by atoms with van der Waals surface area (Å²) in [4.78, 5) is 41.3. The van der Waals surface area contributed by atoms with Gasteiger partial charge in [-0.25, -0.2) is 35.4 Å². The SMILES string of the molecule is CN(C)C1CCN(c2ccc(N)nc2)CC1.COc1cc(C)c(S(=O)(=O)N(C)CCC(=O)Nc2ccc(N3CCC(N(C)C)CC3)cn2)c(C)c1.COc1cc(C)c(S(=O)(=O)N(C)CCC(=O)O)c(C)c1. The molecule has 6 rings (SSSR count). The minimum atomic E-state index is -3.75. The van der Waals surface area contributed by atoms with E-state index in [1.807, 2.05) is 18.3 Å². The lowest BCUT2D eigenvalue weighted by Gasteiger charge is -2.36. The number of amides is 1. The zero-order valence-corrected chi connectivity index (χ0v) is 45.2. The van der Waals surface area contributed by atoms with Crippen LogP contribution in [0.15, 0.2) is 70.7 Å². The number of nitrogen functional groups attached to an aromatic ring is 1. The maximum absolute atomic E-state index is 13.1. The van der Waals surface area contributed by atoms with Crippen LogP contribution in [0, 0.1) is 27.7 Å². The number of rotatable bonds is 17. The van der Waals surface area contributed by atoms with Gasteiger partial charge in [-0.3, -0.25) is 9.59 Å². The van der Waals surface area contributed by atoms with E-state index in [-0.39, 0.29) is 41.6 Å². The number of carboxylic acid groups (broad SMARTS) is 1. The van der Waals surface area contributed by atoms with Crippen molar-refractivity contribution in [2.75, 3.05) is 117 Å². The van der Waals surface area contributed by atoms with E-state index in [0.717, 1.165) is 55.1 Å². The normalized spacial score (nSPS) is 14.8. The lowest BCUT2D eigenvalue weighted by Crippen LogP contribution is -2.42. The van der Waals surface area contributed by atoms with Gasteiger partial charge in [-0.15, -0.1) is 0 Å². The van der Waals surface area contributed by atoms with Crippen LogP contribution in [0.2, 0.25) is 0 Å². The number of pyridine rings is 2. The van der Waals surface area contributed by atoms with Gasteiger partial charge in [-0.05, 0) is 152 Å². The molecular formula is C50H76N10O9S2. The van der Waals surface area contributed by atoms with Crippen LogP contribution >= 0.6 is 0 Å². The van der Waals surface area contributed by atoms with Crippen molar-refractivity contribution in [3.63, 3.8) is 0 Å². The summed E-state index contributed by atoms with van der Waals surface area (Å²) in [6.07, 6.45) is 8.09. The van der Waals surface area contributed by atoms with Gasteiger partial charge in [-0.2, -0.15) is 0 Å². The fourth-order valence-corrected chi connectivity index (χ4v) is 11.8. The lowest BCUT2D eigenvalue weighted by atomic mass is 10.0. The number of hydrogen-bond acceptors (Lipinski definition) is 15. The number of carbonyl (C=O) groups is 2. The zero-order valence-electron chi connectivity index (χ0n) is 43.6. The molecular weight excluding hydrogens is 949 g/mol. The molecule has 0 spiro atoms. The van der Waals surface area contributed by atoms with E-state index in [4.69, 9.17) is 20.3 Å². The first kappa shape index (κ1) is 58.0. The number of aryl methyl sites for hydroxylation is 4. The largest absolute Gasteiger partial charge is 0.497 e. The molecule has 71 heavy (non-hydrogen) atoms. The Morgan fingerprint density at radius 3 is 1.35 bits per heavy atom. The number of aromatic nitrogens is 2. The average molecular weight is 1030 g/mol. The molecule has 2 aromatic carbocycles. The number of sulfonamides is 2. The number of nitrogens with one attached hydrogen (secondary N) is 1. The number of ether oxygens (including phenoxy) is 2. The van der Waals surface area contributed by atoms with Crippen LogP contribution in [-0.4, -0.2) is 170 Å². The van der Waals surface area contributed by atoms with E-state index in [0.29, 0.717) is 51.4 Å². The Kier molecular flexibility index (Phi) is 21.4. The number of aliphatic carboxylic acids is 1. The summed E-state index contributed by atoms with van der Waals surface area (Å²) in [5.74, 6) is 0.920. The lowest BCUT2D eigenvalue weighted by molar-refractivity contribution is -0.137. The van der Waals surface area contributed by atoms with Crippen LogP contribution in [0.4, 0.5) is 23.0 Å². The Labute approximate surface area is 422 Å². The Morgan fingerprint density at radius 1 is 0.648 bits per heavy atom. The van der Waals surface area contributed by atoms with Gasteiger partial charge in [0.25, 0.3) is 0 Å². The van der Waals surface area contributed by atoms with E-state index in [9.17, 15) is 26.4 Å². The first-order valence-electron chi connectivity index (χ1n) is 23.6. The summed E-state index contributed by atoms with van der Waals surface area (Å²) in [6, 6.07) is 15.7. The van der Waals surface area contributed by atoms with E-state index < -0.39 is 26.0 Å². The third kappa shape index (κ3) is 16.2. The predicted molar refractivity (Wildman–Crippen MR) is 281 cm³/mol. The molecule has 2 aromatic heterocycles. The molecule has 19 nitrogen and oxygen atoms in total. The van der Waals surface area contributed by atoms with E-state index in [1.165, 1.54) is 44.0 Å². The first-order valence-corrected chi connectivity index (χ1v) is 26.5. The highest BCUT2D eigenvalue weighted by molar-refractivity contribution is 7.89. The molecule has 0 atom stereocenters. The summed E-state index contributed by atoms with van der Waals surface area (Å²) in [5.41, 5.74) is 10.2. The van der Waals surface area contributed by atoms with Crippen molar-refractivity contribution in [3.05, 3.63) is 83.2 Å². The smallest absolute Gasteiger partial charge is 0.304 e. The molecule has 0 radical (unpaired) electrons. The van der Waals surface area contributed by atoms with Crippen molar-refractivity contribution < 1.29 is 41.0 Å². The summed E-state index contributed by atoms with van der Waals surface area (Å²) in [5, 5.41) is 11.4. The van der Waals surface area contributed by atoms with Gasteiger partial charge in [0.15, 0.2) is 0 Å². The Bertz CT molecular complexity index is 2560. The number of hydrogen-bond donors (Lipinski definition) is 3. The van der Waals surface area contributed by atoms with E-state index >= 15 is 0 Å². The molecule has 2 aliphatic heterocycles. The van der Waals surface area contributed by atoms with Gasteiger partial charge in [-0.1, -0.05) is 0 Å². The molecule has 0 saturated carbocycles. The Hall–Kier alpha value is -5.58. The van der Waals surface area contributed by atoms with Crippen LogP contribution in [-0.2, 0) is 29.6 Å². The Morgan fingerprint density at radius 2 is 1.03 bits per heavy atom. The third-order valence-corrected chi connectivity index (χ3v) is 17.2. The molecule has 4 aromatic rings. The maximum Gasteiger partial charge on any atom is 0.304 e. The fourth-order valence-electron chi connectivity index (χ4n) is 8.65. The fraction of sp³-hybridized carbons (Fsp3) is 0.520. The van der Waals surface area contributed by atoms with Crippen LogP contribution in [0.1, 0.15) is 60.8 Å². The second-order valence-electron chi connectivity index (χ2n) is 18.5. The highest BCUT2D eigenvalue weighted by Gasteiger charge is 2.28. The van der Waals surface area contributed by atoms with Crippen LogP contribution in [0.5, 0.6) is 11.5 Å². The van der Waals surface area contributed by atoms with Crippen LogP contribution in [0.25, 0.3) is 0 Å². The third-order valence-electron chi connectivity index (χ3n) is 12.9. The molecule has 0 aliphatic carbocycles. The van der Waals surface area contributed by atoms with Crippen molar-refractivity contribution in [1.82, 2.24) is 28.4 Å². The van der Waals surface area contributed by atoms with Crippen molar-refractivity contribution in [1.29, 1.82) is 0 Å². The molecule has 4 heterocycles. The summed E-state index contributed by atoms with van der Waals surface area (Å²) in [7, 11) is 7.02. The minimum absolute atomic E-state index is 0.0193. The number of carboxylic acids is 1. The molecule has 2 fully saturated rings. The highest BCUT2D eigenvalue weighted by Crippen LogP contribution is 2.30. The highest BCUT2D eigenvalue weighted by atomic mass is 32.2. The van der Waals surface area contributed by atoms with Crippen molar-refractivity contribution in [3.8, 4) is 11.5 Å². The second-order valence-corrected chi connectivity index (χ2v) is 22.4. The topological polar surface area (TPSA) is 224 Å². The standard InChI is InChI=1S/C25H37N5O4S.C13H19NO5S.C12H20N4/c1-18-15-22(34-6)16-19(2)25(18)35(32,33)29(5)12-11-24(31)27-23-8-7-21(17-26-23)30-13-9-20(10-14-30)28(3)4;1-9-7-11(19-4)8-10(2)13(9)20(17,18)14(3)6-5-12(15)16;1-15(2)10-5-7-16(8-6-10)11-3-4-12(13)14-9-11/h7-8,15-17,20H,9-14H2,1-6H3,(H,26,27,31);7-8H,5-6H2,1-4H3,(H,15,16);3-4,9-10H,5-8H2,1-2H3,(H2,13,14). The number of benzene rings is 2. The van der Waals surface area contributed by atoms with Gasteiger partial charge in [0.05, 0.1) is 54.2 Å². The molecule has 0 bridgehead atoms. The molecule has 1 amide bonds. The number of carbonyl (C=O) groups excluding carboxylic acids is 1. The van der Waals surface area contributed by atoms with E-state index in [1.54, 1.807) is 71.3 Å². The van der Waals surface area contributed by atoms with Gasteiger partial charge in [0, 0.05) is 71.9 Å². The van der Waals surface area contributed by atoms with Crippen molar-refractivity contribution >= 4 is 54.9 Å². The van der Waals surface area contributed by atoms with Crippen LogP contribution in [0.3, 0.4) is 0 Å². The molecule has 4 N–H and O–H groups in total. The zero-order chi connectivity index (χ0) is 52.8. The monoisotopic (exact) mass is 1020 g/mol. The molecule has 392 valence electrons. The molecule has 2 saturated heterocycles. The minimum Gasteiger partial charge on any atom is -0.497 e. The van der Waals surface area contributed by atoms with E-state index in [2.05, 4.69) is 69.1 Å². The average Bonchev–Trinajstić information content (AvgIpc) is 3.32. The summed E-state index contributed by atoms with van der Waals surface area (Å²) >= 11 is 0. The molecule has 21 heteroatoms. The molecule has 0 unspecified atom stereocenters. The summed E-state index contributed by atoms with van der Waals surface area (Å²) < 4.78 is 63.8. The summed E-state index contributed by atoms with van der Waals surface area (Å²) in [6.45, 7) is 11.0. The predicted octanol–water partition coefficient (Wildman–Crippen LogP) is 5.49. The van der Waals surface area contributed by atoms with Crippen molar-refractivity contribution in [2.24, 2.45) is 0 Å². The number of anilines is 4. The van der Waals surface area contributed by atoms with Gasteiger partial charge >= 0.3 is 5.97 Å². The first-order chi connectivity index (χ1) is 33.4. The second kappa shape index (κ2) is 26.2.